The first kappa shape index (κ1) is 15.7. The molecular weight excluding hydrogens is 310 g/mol. The second-order valence-corrected chi connectivity index (χ2v) is 5.99. The summed E-state index contributed by atoms with van der Waals surface area (Å²) in [6.07, 6.45) is 1.92. The van der Waals surface area contributed by atoms with Crippen molar-refractivity contribution in [3.63, 3.8) is 0 Å². The fourth-order valence-corrected chi connectivity index (χ4v) is 2.92. The van der Waals surface area contributed by atoms with E-state index in [0.29, 0.717) is 16.1 Å². The molecule has 0 aliphatic rings. The number of methoxy groups -OCH3 is 1. The summed E-state index contributed by atoms with van der Waals surface area (Å²) in [6.45, 7) is 6.10. The minimum Gasteiger partial charge on any atom is -0.496 e. The van der Waals surface area contributed by atoms with Crippen molar-refractivity contribution in [1.29, 1.82) is 0 Å². The summed E-state index contributed by atoms with van der Waals surface area (Å²) in [4.78, 5) is 0. The van der Waals surface area contributed by atoms with Crippen molar-refractivity contribution >= 4 is 23.2 Å². The molecule has 0 N–H and O–H groups in total. The van der Waals surface area contributed by atoms with E-state index in [9.17, 15) is 0 Å². The van der Waals surface area contributed by atoms with Crippen LogP contribution < -0.4 is 4.74 Å². The molecule has 0 fully saturated rings. The van der Waals surface area contributed by atoms with E-state index in [1.165, 1.54) is 0 Å². The summed E-state index contributed by atoms with van der Waals surface area (Å²) >= 11 is 5.30. The minimum absolute atomic E-state index is 0.499. The van der Waals surface area contributed by atoms with Crippen LogP contribution >= 0.6 is 12.2 Å². The van der Waals surface area contributed by atoms with Crippen molar-refractivity contribution in [2.75, 3.05) is 7.11 Å². The van der Waals surface area contributed by atoms with Gasteiger partial charge in [-0.1, -0.05) is 18.5 Å². The van der Waals surface area contributed by atoms with Crippen molar-refractivity contribution in [3.8, 4) is 17.1 Å². The van der Waals surface area contributed by atoms with Gasteiger partial charge in [-0.3, -0.25) is 0 Å². The Hall–Kier alpha value is -2.14. The second-order valence-electron chi connectivity index (χ2n) is 5.62. The normalized spacial score (nSPS) is 11.1. The highest BCUT2D eigenvalue weighted by Gasteiger charge is 2.15. The third kappa shape index (κ3) is 2.77. The van der Waals surface area contributed by atoms with Crippen molar-refractivity contribution in [2.24, 2.45) is 0 Å². The molecular formula is C18H19NO3S. The lowest BCUT2D eigenvalue weighted by Gasteiger charge is -2.11. The van der Waals surface area contributed by atoms with Gasteiger partial charge in [0.1, 0.15) is 11.3 Å². The van der Waals surface area contributed by atoms with Crippen LogP contribution in [-0.4, -0.2) is 12.3 Å². The molecule has 23 heavy (non-hydrogen) atoms. The third-order valence-corrected chi connectivity index (χ3v) is 4.47. The van der Waals surface area contributed by atoms with Crippen LogP contribution in [0, 0.1) is 18.6 Å². The number of aryl methyl sites for hydroxylation is 2. The molecule has 0 atom stereocenters. The summed E-state index contributed by atoms with van der Waals surface area (Å²) in [5.41, 5.74) is 4.54. The van der Waals surface area contributed by atoms with Gasteiger partial charge < -0.3 is 13.7 Å². The fraction of sp³-hybridized carbons (Fsp3) is 0.333. The molecule has 0 saturated carbocycles. The Morgan fingerprint density at radius 3 is 2.65 bits per heavy atom. The maximum Gasteiger partial charge on any atom is 0.193 e. The van der Waals surface area contributed by atoms with Gasteiger partial charge in [0, 0.05) is 17.2 Å². The average Bonchev–Trinajstić information content (AvgIpc) is 3.00. The van der Waals surface area contributed by atoms with Gasteiger partial charge in [-0.15, -0.1) is 0 Å². The maximum atomic E-state index is 5.80. The maximum absolute atomic E-state index is 5.80. The van der Waals surface area contributed by atoms with Crippen LogP contribution in [0.2, 0.25) is 0 Å². The average molecular weight is 329 g/mol. The van der Waals surface area contributed by atoms with Gasteiger partial charge in [0.25, 0.3) is 0 Å². The Morgan fingerprint density at radius 1 is 1.17 bits per heavy atom. The van der Waals surface area contributed by atoms with Gasteiger partial charge in [0.05, 0.1) is 18.2 Å². The summed E-state index contributed by atoms with van der Waals surface area (Å²) in [7, 11) is 1.65. The van der Waals surface area contributed by atoms with Gasteiger partial charge in [-0.05, 0) is 50.2 Å². The number of benzene rings is 1. The van der Waals surface area contributed by atoms with Crippen LogP contribution in [0.4, 0.5) is 0 Å². The first-order valence-corrected chi connectivity index (χ1v) is 8.04. The number of hydrogen-bond donors (Lipinski definition) is 0. The van der Waals surface area contributed by atoms with E-state index in [0.717, 1.165) is 46.4 Å². The Balaban J connectivity index is 2.23. The van der Waals surface area contributed by atoms with E-state index in [1.807, 2.05) is 32.0 Å². The van der Waals surface area contributed by atoms with Gasteiger partial charge in [-0.25, -0.2) is 0 Å². The van der Waals surface area contributed by atoms with E-state index in [-0.39, 0.29) is 0 Å². The van der Waals surface area contributed by atoms with Crippen molar-refractivity contribution in [1.82, 2.24) is 5.16 Å². The monoisotopic (exact) mass is 329 g/mol. The molecule has 3 rings (SSSR count). The highest BCUT2D eigenvalue weighted by Crippen LogP contribution is 2.36. The van der Waals surface area contributed by atoms with E-state index >= 15 is 0 Å². The van der Waals surface area contributed by atoms with E-state index < -0.39 is 0 Å². The Morgan fingerprint density at radius 2 is 1.96 bits per heavy atom. The van der Waals surface area contributed by atoms with Gasteiger partial charge in [-0.2, -0.15) is 0 Å². The molecule has 2 heterocycles. The largest absolute Gasteiger partial charge is 0.496 e. The fourth-order valence-electron chi connectivity index (χ4n) is 2.68. The topological polar surface area (TPSA) is 48.4 Å². The molecule has 1 aromatic carbocycles. The number of aromatic nitrogens is 1. The van der Waals surface area contributed by atoms with Crippen LogP contribution in [0.5, 0.6) is 5.75 Å². The van der Waals surface area contributed by atoms with Crippen LogP contribution in [-0.2, 0) is 6.42 Å². The zero-order valence-electron chi connectivity index (χ0n) is 13.7. The number of ether oxygens (including phenoxy) is 1. The molecule has 0 amide bonds. The predicted molar refractivity (Wildman–Crippen MR) is 92.6 cm³/mol. The standard InChI is InChI=1S/C18H19NO3S/c1-5-6-13-9-14(22-19-13)12-7-15(20-4)17-10(2)11(3)18(23)21-16(17)8-12/h7-9H,5-6H2,1-4H3. The minimum atomic E-state index is 0.499. The van der Waals surface area contributed by atoms with Crippen molar-refractivity contribution in [2.45, 2.75) is 33.6 Å². The number of nitrogens with zero attached hydrogens (tertiary/aromatic N) is 1. The number of rotatable bonds is 4. The molecule has 0 unspecified atom stereocenters. The molecule has 3 aromatic rings. The Kier molecular flexibility index (Phi) is 4.22. The molecule has 120 valence electrons. The zero-order chi connectivity index (χ0) is 16.6. The Labute approximate surface area is 140 Å². The van der Waals surface area contributed by atoms with Crippen molar-refractivity contribution < 1.29 is 13.7 Å². The summed E-state index contributed by atoms with van der Waals surface area (Å²) in [5, 5.41) is 5.04. The molecule has 0 aliphatic carbocycles. The lowest BCUT2D eigenvalue weighted by molar-refractivity contribution is 0.415. The lowest BCUT2D eigenvalue weighted by Crippen LogP contribution is -1.92. The van der Waals surface area contributed by atoms with E-state index in [2.05, 4.69) is 12.1 Å². The zero-order valence-corrected chi connectivity index (χ0v) is 14.5. The van der Waals surface area contributed by atoms with Crippen LogP contribution in [0.1, 0.15) is 30.2 Å². The smallest absolute Gasteiger partial charge is 0.193 e. The van der Waals surface area contributed by atoms with E-state index in [4.69, 9.17) is 25.9 Å². The number of fused-ring (bicyclic) bond motifs is 1. The first-order valence-electron chi connectivity index (χ1n) is 7.63. The van der Waals surface area contributed by atoms with Crippen molar-refractivity contribution in [3.05, 3.63) is 39.7 Å². The molecule has 0 radical (unpaired) electrons. The highest BCUT2D eigenvalue weighted by molar-refractivity contribution is 7.71. The second kappa shape index (κ2) is 6.16. The molecule has 0 spiro atoms. The molecule has 0 bridgehead atoms. The molecule has 2 aromatic heterocycles. The summed E-state index contributed by atoms with van der Waals surface area (Å²) in [5.74, 6) is 1.44. The van der Waals surface area contributed by atoms with Gasteiger partial charge in [0.2, 0.25) is 0 Å². The Bertz CT molecular complexity index is 924. The van der Waals surface area contributed by atoms with Crippen LogP contribution in [0.3, 0.4) is 0 Å². The quantitative estimate of drug-likeness (QED) is 0.600. The summed E-state index contributed by atoms with van der Waals surface area (Å²) in [6, 6.07) is 5.83. The lowest BCUT2D eigenvalue weighted by atomic mass is 10.0. The predicted octanol–water partition coefficient (Wildman–Crippen LogP) is 5.40. The molecule has 0 saturated heterocycles. The molecule has 0 aliphatic heterocycles. The highest BCUT2D eigenvalue weighted by atomic mass is 32.1. The van der Waals surface area contributed by atoms with Crippen LogP contribution in [0.15, 0.2) is 27.1 Å². The van der Waals surface area contributed by atoms with Gasteiger partial charge in [0.15, 0.2) is 10.5 Å². The molecule has 4 nitrogen and oxygen atoms in total. The first-order chi connectivity index (χ1) is 11.0. The van der Waals surface area contributed by atoms with E-state index in [1.54, 1.807) is 7.11 Å². The number of hydrogen-bond acceptors (Lipinski definition) is 5. The SMILES string of the molecule is CCCc1cc(-c2cc(OC)c3c(C)c(C)c(=S)oc3c2)on1. The van der Waals surface area contributed by atoms with Gasteiger partial charge >= 0.3 is 0 Å². The summed E-state index contributed by atoms with van der Waals surface area (Å²) < 4.78 is 17.3. The molecule has 5 heteroatoms. The third-order valence-electron chi connectivity index (χ3n) is 4.08. The van der Waals surface area contributed by atoms with Crippen LogP contribution in [0.25, 0.3) is 22.3 Å².